The summed E-state index contributed by atoms with van der Waals surface area (Å²) < 4.78 is 5.12. The van der Waals surface area contributed by atoms with Gasteiger partial charge in [-0.3, -0.25) is 9.59 Å². The van der Waals surface area contributed by atoms with E-state index >= 15 is 0 Å². The van der Waals surface area contributed by atoms with Gasteiger partial charge in [-0.05, 0) is 19.3 Å². The predicted molar refractivity (Wildman–Crippen MR) is 55.2 cm³/mol. The molecule has 0 aliphatic rings. The van der Waals surface area contributed by atoms with Gasteiger partial charge in [0.1, 0.15) is 0 Å². The van der Waals surface area contributed by atoms with Crippen LogP contribution in [0.15, 0.2) is 0 Å². The van der Waals surface area contributed by atoms with E-state index in [1.165, 1.54) is 0 Å². The zero-order valence-corrected chi connectivity index (χ0v) is 9.09. The van der Waals surface area contributed by atoms with E-state index in [9.17, 15) is 14.7 Å². The summed E-state index contributed by atoms with van der Waals surface area (Å²) in [5.74, 6) is -1.87. The predicted octanol–water partition coefficient (Wildman–Crippen LogP) is 0.484. The van der Waals surface area contributed by atoms with Crippen LogP contribution in [0, 0.1) is 0 Å². The van der Waals surface area contributed by atoms with Crippen molar-refractivity contribution in [3.8, 4) is 0 Å². The third-order valence-electron chi connectivity index (χ3n) is 1.92. The Morgan fingerprint density at radius 1 is 1.06 bits per heavy atom. The fourth-order valence-electron chi connectivity index (χ4n) is 1.15. The highest BCUT2D eigenvalue weighted by atomic mass is 16.5. The van der Waals surface area contributed by atoms with Crippen LogP contribution < -0.4 is 0 Å². The molecule has 0 fully saturated rings. The molecule has 94 valence electrons. The number of carboxylic acids is 2. The number of aliphatic hydroxyl groups excluding tert-OH is 1. The van der Waals surface area contributed by atoms with Gasteiger partial charge in [0, 0.05) is 19.6 Å². The third-order valence-corrected chi connectivity index (χ3v) is 1.92. The van der Waals surface area contributed by atoms with Gasteiger partial charge in [-0.2, -0.15) is 0 Å². The summed E-state index contributed by atoms with van der Waals surface area (Å²) >= 11 is 0. The lowest BCUT2D eigenvalue weighted by Gasteiger charge is -2.07. The first-order chi connectivity index (χ1) is 7.52. The smallest absolute Gasteiger partial charge is 0.305 e. The molecule has 0 saturated heterocycles. The van der Waals surface area contributed by atoms with Crippen LogP contribution in [0.1, 0.15) is 32.1 Å². The fourth-order valence-corrected chi connectivity index (χ4v) is 1.15. The van der Waals surface area contributed by atoms with Gasteiger partial charge in [0.2, 0.25) is 0 Å². The molecule has 1 atom stereocenters. The van der Waals surface area contributed by atoms with Gasteiger partial charge in [0.25, 0.3) is 0 Å². The van der Waals surface area contributed by atoms with E-state index in [0.717, 1.165) is 0 Å². The Labute approximate surface area is 93.8 Å². The first-order valence-corrected chi connectivity index (χ1v) is 5.21. The Bertz CT molecular complexity index is 215. The molecular weight excluding hydrogens is 216 g/mol. The van der Waals surface area contributed by atoms with Gasteiger partial charge in [-0.15, -0.1) is 0 Å². The van der Waals surface area contributed by atoms with Crippen molar-refractivity contribution in [2.24, 2.45) is 0 Å². The van der Waals surface area contributed by atoms with Crippen LogP contribution in [-0.2, 0) is 14.3 Å². The Morgan fingerprint density at radius 3 is 2.25 bits per heavy atom. The van der Waals surface area contributed by atoms with Gasteiger partial charge < -0.3 is 20.1 Å². The monoisotopic (exact) mass is 234 g/mol. The summed E-state index contributed by atoms with van der Waals surface area (Å²) in [5, 5.41) is 25.9. The van der Waals surface area contributed by atoms with Crippen molar-refractivity contribution in [1.29, 1.82) is 0 Å². The summed E-state index contributed by atoms with van der Waals surface area (Å²) in [4.78, 5) is 20.3. The van der Waals surface area contributed by atoms with E-state index in [1.54, 1.807) is 0 Å². The molecule has 0 radical (unpaired) electrons. The van der Waals surface area contributed by atoms with Crippen molar-refractivity contribution in [2.45, 2.75) is 38.2 Å². The maximum absolute atomic E-state index is 10.2. The Balaban J connectivity index is 3.20. The molecule has 0 amide bonds. The normalized spacial score (nSPS) is 12.3. The molecule has 0 spiro atoms. The second-order valence-electron chi connectivity index (χ2n) is 3.50. The zero-order chi connectivity index (χ0) is 12.4. The van der Waals surface area contributed by atoms with Crippen LogP contribution in [0.5, 0.6) is 0 Å². The van der Waals surface area contributed by atoms with Crippen LogP contribution in [0.4, 0.5) is 0 Å². The van der Waals surface area contributed by atoms with Crippen LogP contribution >= 0.6 is 0 Å². The van der Waals surface area contributed by atoms with Crippen LogP contribution in [0.25, 0.3) is 0 Å². The van der Waals surface area contributed by atoms with E-state index in [0.29, 0.717) is 32.5 Å². The average Bonchev–Trinajstić information content (AvgIpc) is 2.14. The van der Waals surface area contributed by atoms with E-state index in [-0.39, 0.29) is 12.8 Å². The topological polar surface area (TPSA) is 104 Å². The second-order valence-corrected chi connectivity index (χ2v) is 3.50. The number of aliphatic carboxylic acids is 2. The van der Waals surface area contributed by atoms with Crippen molar-refractivity contribution in [2.75, 3.05) is 13.2 Å². The lowest BCUT2D eigenvalue weighted by Crippen LogP contribution is -2.13. The lowest BCUT2D eigenvalue weighted by atomic mass is 10.1. The molecule has 0 rings (SSSR count). The molecule has 1 unspecified atom stereocenters. The molecular formula is C10H18O6. The first-order valence-electron chi connectivity index (χ1n) is 5.21. The summed E-state index contributed by atoms with van der Waals surface area (Å²) in [6.07, 6.45) is 0.417. The largest absolute Gasteiger partial charge is 0.481 e. The molecule has 0 heterocycles. The number of hydrogen-bond donors (Lipinski definition) is 3. The maximum Gasteiger partial charge on any atom is 0.305 e. The van der Waals surface area contributed by atoms with Crippen LogP contribution in [0.2, 0.25) is 0 Å². The maximum atomic E-state index is 10.2. The minimum Gasteiger partial charge on any atom is -0.481 e. The molecule has 0 aliphatic heterocycles. The number of hydrogen-bond acceptors (Lipinski definition) is 4. The second kappa shape index (κ2) is 9.11. The highest BCUT2D eigenvalue weighted by Gasteiger charge is 2.08. The van der Waals surface area contributed by atoms with E-state index in [1.807, 2.05) is 0 Å². The quantitative estimate of drug-likeness (QED) is 0.475. The minimum atomic E-state index is -1.02. The molecule has 6 heteroatoms. The number of carbonyl (C=O) groups is 2. The Kier molecular flexibility index (Phi) is 8.46. The minimum absolute atomic E-state index is 0.0850. The van der Waals surface area contributed by atoms with E-state index < -0.39 is 18.0 Å². The summed E-state index contributed by atoms with van der Waals surface area (Å²) in [6, 6.07) is 0. The van der Waals surface area contributed by atoms with Gasteiger partial charge >= 0.3 is 11.9 Å². The Hall–Kier alpha value is -1.14. The van der Waals surface area contributed by atoms with E-state index in [2.05, 4.69) is 0 Å². The SMILES string of the molecule is O=C(O)CCCOCCCC(O)CC(=O)O. The molecule has 0 saturated carbocycles. The summed E-state index contributed by atoms with van der Waals surface area (Å²) in [6.45, 7) is 0.789. The molecule has 0 aliphatic carbocycles. The fraction of sp³-hybridized carbons (Fsp3) is 0.800. The number of ether oxygens (including phenoxy) is 1. The van der Waals surface area contributed by atoms with Gasteiger partial charge in [-0.1, -0.05) is 0 Å². The summed E-state index contributed by atoms with van der Waals surface area (Å²) in [5.41, 5.74) is 0. The highest BCUT2D eigenvalue weighted by molar-refractivity contribution is 5.67. The molecule has 6 nitrogen and oxygen atoms in total. The van der Waals surface area contributed by atoms with Gasteiger partial charge in [0.15, 0.2) is 0 Å². The molecule has 16 heavy (non-hydrogen) atoms. The molecule has 0 aromatic rings. The van der Waals surface area contributed by atoms with Crippen LogP contribution in [0.3, 0.4) is 0 Å². The van der Waals surface area contributed by atoms with E-state index in [4.69, 9.17) is 14.9 Å². The van der Waals surface area contributed by atoms with Crippen molar-refractivity contribution in [3.63, 3.8) is 0 Å². The molecule has 0 bridgehead atoms. The number of carboxylic acid groups (broad SMARTS) is 2. The zero-order valence-electron chi connectivity index (χ0n) is 9.09. The van der Waals surface area contributed by atoms with Crippen molar-refractivity contribution in [1.82, 2.24) is 0 Å². The number of rotatable bonds is 10. The van der Waals surface area contributed by atoms with Gasteiger partial charge in [0.05, 0.1) is 12.5 Å². The van der Waals surface area contributed by atoms with Gasteiger partial charge in [-0.25, -0.2) is 0 Å². The standard InChI is InChI=1S/C10H18O6/c11-8(7-10(14)15)3-1-5-16-6-2-4-9(12)13/h8,11H,1-7H2,(H,12,13)(H,14,15). The average molecular weight is 234 g/mol. The molecule has 0 aromatic carbocycles. The Morgan fingerprint density at radius 2 is 1.69 bits per heavy atom. The van der Waals surface area contributed by atoms with Crippen molar-refractivity contribution >= 4 is 11.9 Å². The first kappa shape index (κ1) is 14.9. The van der Waals surface area contributed by atoms with Crippen molar-refractivity contribution < 1.29 is 29.6 Å². The highest BCUT2D eigenvalue weighted by Crippen LogP contribution is 2.02. The summed E-state index contributed by atoms with van der Waals surface area (Å²) in [7, 11) is 0. The third kappa shape index (κ3) is 10.9. The lowest BCUT2D eigenvalue weighted by molar-refractivity contribution is -0.139. The molecule has 0 aromatic heterocycles. The van der Waals surface area contributed by atoms with Crippen molar-refractivity contribution in [3.05, 3.63) is 0 Å². The number of aliphatic hydroxyl groups is 1. The van der Waals surface area contributed by atoms with Crippen LogP contribution in [-0.4, -0.2) is 46.6 Å². The molecule has 3 N–H and O–H groups in total.